The van der Waals surface area contributed by atoms with Gasteiger partial charge in [0.15, 0.2) is 0 Å². The zero-order chi connectivity index (χ0) is 12.1. The van der Waals surface area contributed by atoms with Crippen LogP contribution in [0.5, 0.6) is 0 Å². The van der Waals surface area contributed by atoms with Gasteiger partial charge in [-0.25, -0.2) is 0 Å². The van der Waals surface area contributed by atoms with Crippen molar-refractivity contribution in [3.05, 3.63) is 59.9 Å². The van der Waals surface area contributed by atoms with E-state index in [-0.39, 0.29) is 12.6 Å². The lowest BCUT2D eigenvalue weighted by molar-refractivity contribution is 0.282. The van der Waals surface area contributed by atoms with Crippen molar-refractivity contribution in [2.75, 3.05) is 5.32 Å². The molecule has 1 unspecified atom stereocenters. The quantitative estimate of drug-likeness (QED) is 0.845. The topological polar surface area (TPSA) is 45.1 Å². The Hall–Kier alpha value is -1.87. The first-order valence-corrected chi connectivity index (χ1v) is 5.66. The van der Waals surface area contributed by atoms with E-state index in [9.17, 15) is 0 Å². The Bertz CT molecular complexity index is 453. The highest BCUT2D eigenvalue weighted by atomic mass is 16.3. The number of hydrogen-bond acceptors (Lipinski definition) is 3. The van der Waals surface area contributed by atoms with Gasteiger partial charge in [-0.3, -0.25) is 4.98 Å². The van der Waals surface area contributed by atoms with Crippen LogP contribution < -0.4 is 5.32 Å². The van der Waals surface area contributed by atoms with Crippen molar-refractivity contribution in [1.29, 1.82) is 0 Å². The number of aliphatic hydroxyl groups is 1. The van der Waals surface area contributed by atoms with Crippen LogP contribution in [0.4, 0.5) is 5.69 Å². The van der Waals surface area contributed by atoms with Crippen molar-refractivity contribution in [3.8, 4) is 0 Å². The highest BCUT2D eigenvalue weighted by Gasteiger charge is 2.04. The van der Waals surface area contributed by atoms with E-state index in [0.717, 1.165) is 16.8 Å². The third-order valence-corrected chi connectivity index (χ3v) is 2.70. The van der Waals surface area contributed by atoms with Gasteiger partial charge in [-0.2, -0.15) is 0 Å². The third kappa shape index (κ3) is 3.04. The minimum Gasteiger partial charge on any atom is -0.392 e. The minimum absolute atomic E-state index is 0.0818. The van der Waals surface area contributed by atoms with Crippen LogP contribution >= 0.6 is 0 Å². The molecule has 0 amide bonds. The Kier molecular flexibility index (Phi) is 3.73. The maximum Gasteiger partial charge on any atom is 0.0681 e. The van der Waals surface area contributed by atoms with Crippen molar-refractivity contribution in [3.63, 3.8) is 0 Å². The van der Waals surface area contributed by atoms with Gasteiger partial charge >= 0.3 is 0 Å². The largest absolute Gasteiger partial charge is 0.392 e. The number of anilines is 1. The van der Waals surface area contributed by atoms with E-state index in [2.05, 4.69) is 17.2 Å². The molecule has 0 bridgehead atoms. The number of aliphatic hydroxyl groups excluding tert-OH is 1. The van der Waals surface area contributed by atoms with E-state index in [4.69, 9.17) is 5.11 Å². The maximum atomic E-state index is 8.96. The molecule has 2 N–H and O–H groups in total. The molecule has 0 aliphatic heterocycles. The predicted molar refractivity (Wildman–Crippen MR) is 68.6 cm³/mol. The van der Waals surface area contributed by atoms with Crippen LogP contribution in [0.15, 0.2) is 48.8 Å². The normalized spacial score (nSPS) is 12.1. The van der Waals surface area contributed by atoms with Gasteiger partial charge < -0.3 is 10.4 Å². The smallest absolute Gasteiger partial charge is 0.0681 e. The second-order valence-corrected chi connectivity index (χ2v) is 4.01. The summed E-state index contributed by atoms with van der Waals surface area (Å²) in [5.74, 6) is 0. The van der Waals surface area contributed by atoms with Gasteiger partial charge in [-0.05, 0) is 36.2 Å². The Morgan fingerprint density at radius 1 is 1.24 bits per heavy atom. The summed E-state index contributed by atoms with van der Waals surface area (Å²) in [7, 11) is 0. The fourth-order valence-corrected chi connectivity index (χ4v) is 1.67. The molecule has 88 valence electrons. The van der Waals surface area contributed by atoms with E-state index in [1.807, 2.05) is 42.6 Å². The molecule has 0 saturated heterocycles. The molecular formula is C14H16N2O. The molecule has 0 aliphatic carbocycles. The fourth-order valence-electron chi connectivity index (χ4n) is 1.67. The number of hydrogen-bond donors (Lipinski definition) is 2. The van der Waals surface area contributed by atoms with E-state index in [0.29, 0.717) is 0 Å². The molecular weight excluding hydrogens is 212 g/mol. The number of aromatic nitrogens is 1. The number of pyridine rings is 1. The van der Waals surface area contributed by atoms with Gasteiger partial charge in [-0.1, -0.05) is 18.2 Å². The number of nitrogens with zero attached hydrogens (tertiary/aromatic N) is 1. The van der Waals surface area contributed by atoms with E-state index >= 15 is 0 Å². The molecule has 1 aromatic carbocycles. The Balaban J connectivity index is 2.05. The molecule has 1 aromatic heterocycles. The Morgan fingerprint density at radius 3 is 2.59 bits per heavy atom. The molecule has 0 radical (unpaired) electrons. The first-order chi connectivity index (χ1) is 8.29. The van der Waals surface area contributed by atoms with Gasteiger partial charge in [0.05, 0.1) is 12.6 Å². The standard InChI is InChI=1S/C14H16N2O/c1-11(13-3-2-8-15-9-13)16-14-6-4-12(10-17)5-7-14/h2-9,11,16-17H,10H2,1H3. The summed E-state index contributed by atoms with van der Waals surface area (Å²) in [6.07, 6.45) is 3.63. The molecule has 1 heterocycles. The van der Waals surface area contributed by atoms with Gasteiger partial charge in [0.25, 0.3) is 0 Å². The zero-order valence-electron chi connectivity index (χ0n) is 9.80. The predicted octanol–water partition coefficient (Wildman–Crippen LogP) is 2.75. The molecule has 3 heteroatoms. The molecule has 2 aromatic rings. The summed E-state index contributed by atoms with van der Waals surface area (Å²) in [5, 5.41) is 12.3. The highest BCUT2D eigenvalue weighted by molar-refractivity contribution is 5.46. The van der Waals surface area contributed by atoms with Crippen molar-refractivity contribution >= 4 is 5.69 Å². The first-order valence-electron chi connectivity index (χ1n) is 5.66. The molecule has 3 nitrogen and oxygen atoms in total. The van der Waals surface area contributed by atoms with Crippen LogP contribution in [-0.2, 0) is 6.61 Å². The third-order valence-electron chi connectivity index (χ3n) is 2.70. The summed E-state index contributed by atoms with van der Waals surface area (Å²) in [5.41, 5.74) is 3.11. The van der Waals surface area contributed by atoms with Crippen molar-refractivity contribution in [2.45, 2.75) is 19.6 Å². The summed E-state index contributed by atoms with van der Waals surface area (Å²) in [6.45, 7) is 2.18. The fraction of sp³-hybridized carbons (Fsp3) is 0.214. The summed E-state index contributed by atoms with van der Waals surface area (Å²) >= 11 is 0. The summed E-state index contributed by atoms with van der Waals surface area (Å²) in [4.78, 5) is 4.10. The minimum atomic E-state index is 0.0818. The van der Waals surface area contributed by atoms with Gasteiger partial charge in [0.2, 0.25) is 0 Å². The summed E-state index contributed by atoms with van der Waals surface area (Å²) in [6, 6.07) is 12.0. The van der Waals surface area contributed by atoms with Crippen LogP contribution in [-0.4, -0.2) is 10.1 Å². The van der Waals surface area contributed by atoms with E-state index in [1.54, 1.807) is 6.20 Å². The van der Waals surface area contributed by atoms with Crippen molar-refractivity contribution < 1.29 is 5.11 Å². The van der Waals surface area contributed by atoms with E-state index < -0.39 is 0 Å². The maximum absolute atomic E-state index is 8.96. The lowest BCUT2D eigenvalue weighted by Crippen LogP contribution is -2.06. The molecule has 1 atom stereocenters. The summed E-state index contributed by atoms with van der Waals surface area (Å²) < 4.78 is 0. The lowest BCUT2D eigenvalue weighted by Gasteiger charge is -2.15. The second kappa shape index (κ2) is 5.46. The van der Waals surface area contributed by atoms with Crippen molar-refractivity contribution in [1.82, 2.24) is 4.98 Å². The number of benzene rings is 1. The molecule has 0 aliphatic rings. The zero-order valence-corrected chi connectivity index (χ0v) is 9.80. The van der Waals surface area contributed by atoms with E-state index in [1.165, 1.54) is 0 Å². The number of nitrogens with one attached hydrogen (secondary N) is 1. The molecule has 0 spiro atoms. The van der Waals surface area contributed by atoms with Crippen LogP contribution in [0, 0.1) is 0 Å². The molecule has 0 saturated carbocycles. The SMILES string of the molecule is CC(Nc1ccc(CO)cc1)c1cccnc1. The van der Waals surface area contributed by atoms with Crippen molar-refractivity contribution in [2.24, 2.45) is 0 Å². The highest BCUT2D eigenvalue weighted by Crippen LogP contribution is 2.18. The molecule has 0 fully saturated rings. The monoisotopic (exact) mass is 228 g/mol. The van der Waals surface area contributed by atoms with Crippen LogP contribution in [0.1, 0.15) is 24.1 Å². The Labute approximate surface area is 101 Å². The van der Waals surface area contributed by atoms with Crippen LogP contribution in [0.3, 0.4) is 0 Å². The van der Waals surface area contributed by atoms with Gasteiger partial charge in [-0.15, -0.1) is 0 Å². The Morgan fingerprint density at radius 2 is 2.00 bits per heavy atom. The van der Waals surface area contributed by atoms with Crippen LogP contribution in [0.25, 0.3) is 0 Å². The lowest BCUT2D eigenvalue weighted by atomic mass is 10.1. The molecule has 2 rings (SSSR count). The second-order valence-electron chi connectivity index (χ2n) is 4.01. The van der Waals surface area contributed by atoms with Gasteiger partial charge in [0.1, 0.15) is 0 Å². The average Bonchev–Trinajstić information content (AvgIpc) is 2.40. The van der Waals surface area contributed by atoms with Gasteiger partial charge in [0, 0.05) is 18.1 Å². The first kappa shape index (κ1) is 11.6. The van der Waals surface area contributed by atoms with Crippen LogP contribution in [0.2, 0.25) is 0 Å². The average molecular weight is 228 g/mol. The molecule has 17 heavy (non-hydrogen) atoms. The number of rotatable bonds is 4.